The molecule has 0 spiro atoms. The van der Waals surface area contributed by atoms with Crippen LogP contribution in [0.5, 0.6) is 11.5 Å². The van der Waals surface area contributed by atoms with E-state index in [-0.39, 0.29) is 42.5 Å². The summed E-state index contributed by atoms with van der Waals surface area (Å²) in [7, 11) is 0. The molecule has 0 heterocycles. The highest BCUT2D eigenvalue weighted by atomic mass is 16.7. The van der Waals surface area contributed by atoms with Crippen LogP contribution in [0.25, 0.3) is 0 Å². The standard InChI is InChI=1S/C41H60N4O13/c1-6-13-35(47)14-10-11-24-53-26-28-55-29-27-54-25-12-21-44(32(5)46)39(48)37-30-33(31-56-41(50)57-36-18-16-34(17-19-36)45(51)52)15-20-38(37)58-40(49)43(9-4)23-22-42(7-2)8-3/h15-20,30H,6-14,21-29,31H2,1-5H3. The first-order chi connectivity index (χ1) is 27.9. The van der Waals surface area contributed by atoms with Gasteiger partial charge >= 0.3 is 12.2 Å². The quantitative estimate of drug-likeness (QED) is 0.0286. The highest BCUT2D eigenvalue weighted by molar-refractivity contribution is 6.06. The van der Waals surface area contributed by atoms with Gasteiger partial charge in [-0.15, -0.1) is 0 Å². The van der Waals surface area contributed by atoms with Crippen LogP contribution in [0.3, 0.4) is 0 Å². The van der Waals surface area contributed by atoms with Crippen molar-refractivity contribution in [1.29, 1.82) is 0 Å². The van der Waals surface area contributed by atoms with Crippen LogP contribution in [0.4, 0.5) is 15.3 Å². The second-order valence-corrected chi connectivity index (χ2v) is 13.1. The third-order valence-corrected chi connectivity index (χ3v) is 8.86. The van der Waals surface area contributed by atoms with Gasteiger partial charge in [0.2, 0.25) is 5.91 Å². The summed E-state index contributed by atoms with van der Waals surface area (Å²) in [5, 5.41) is 10.9. The lowest BCUT2D eigenvalue weighted by Crippen LogP contribution is -2.40. The Morgan fingerprint density at radius 3 is 1.93 bits per heavy atom. The first-order valence-corrected chi connectivity index (χ1v) is 19.9. The van der Waals surface area contributed by atoms with Crippen molar-refractivity contribution in [1.82, 2.24) is 14.7 Å². The summed E-state index contributed by atoms with van der Waals surface area (Å²) in [6, 6.07) is 9.12. The van der Waals surface area contributed by atoms with Crippen LogP contribution in [0, 0.1) is 10.1 Å². The number of unbranched alkanes of at least 4 members (excludes halogenated alkanes) is 1. The van der Waals surface area contributed by atoms with Gasteiger partial charge in [0.1, 0.15) is 23.9 Å². The van der Waals surface area contributed by atoms with Crippen LogP contribution in [0.1, 0.15) is 89.1 Å². The molecule has 322 valence electrons. The van der Waals surface area contributed by atoms with E-state index in [4.69, 9.17) is 28.4 Å². The number of ketones is 1. The van der Waals surface area contributed by atoms with Crippen molar-refractivity contribution in [3.63, 3.8) is 0 Å². The third-order valence-electron chi connectivity index (χ3n) is 8.86. The molecule has 17 nitrogen and oxygen atoms in total. The van der Waals surface area contributed by atoms with Crippen molar-refractivity contribution < 1.29 is 57.3 Å². The van der Waals surface area contributed by atoms with Gasteiger partial charge in [-0.2, -0.15) is 0 Å². The molecule has 2 aromatic rings. The highest BCUT2D eigenvalue weighted by Crippen LogP contribution is 2.25. The summed E-state index contributed by atoms with van der Waals surface area (Å²) in [5.74, 6) is -1.04. The van der Waals surface area contributed by atoms with Gasteiger partial charge in [-0.05, 0) is 75.5 Å². The van der Waals surface area contributed by atoms with E-state index >= 15 is 0 Å². The highest BCUT2D eigenvalue weighted by Gasteiger charge is 2.26. The number of nitrogens with zero attached hydrogens (tertiary/aromatic N) is 4. The summed E-state index contributed by atoms with van der Waals surface area (Å²) in [6.45, 7) is 14.0. The van der Waals surface area contributed by atoms with Gasteiger partial charge in [0, 0.05) is 71.3 Å². The molecule has 0 unspecified atom stereocenters. The van der Waals surface area contributed by atoms with E-state index in [2.05, 4.69) is 4.90 Å². The number of imide groups is 1. The number of rotatable bonds is 29. The zero-order valence-corrected chi connectivity index (χ0v) is 34.6. The van der Waals surface area contributed by atoms with E-state index < -0.39 is 29.0 Å². The van der Waals surface area contributed by atoms with E-state index in [9.17, 15) is 34.1 Å². The van der Waals surface area contributed by atoms with Crippen molar-refractivity contribution in [2.24, 2.45) is 0 Å². The van der Waals surface area contributed by atoms with Gasteiger partial charge in [0.05, 0.1) is 36.9 Å². The lowest BCUT2D eigenvalue weighted by molar-refractivity contribution is -0.384. The monoisotopic (exact) mass is 816 g/mol. The zero-order chi connectivity index (χ0) is 42.7. The average molecular weight is 817 g/mol. The maximum absolute atomic E-state index is 14.0. The second-order valence-electron chi connectivity index (χ2n) is 13.1. The molecule has 0 atom stereocenters. The molecule has 0 aliphatic carbocycles. The molecule has 0 aliphatic rings. The van der Waals surface area contributed by atoms with Crippen LogP contribution in [0.2, 0.25) is 0 Å². The number of carbonyl (C=O) groups excluding carboxylic acids is 5. The predicted molar refractivity (Wildman–Crippen MR) is 214 cm³/mol. The molecular weight excluding hydrogens is 756 g/mol. The molecule has 0 bridgehead atoms. The molecule has 3 amide bonds. The minimum Gasteiger partial charge on any atom is -0.429 e. The number of amides is 3. The maximum atomic E-state index is 14.0. The van der Waals surface area contributed by atoms with Crippen molar-refractivity contribution >= 4 is 35.5 Å². The number of Topliss-reactive ketones (excluding diaryl/α,β-unsaturated/α-hetero) is 1. The van der Waals surface area contributed by atoms with Crippen LogP contribution in [0.15, 0.2) is 42.5 Å². The number of nitro groups is 1. The lowest BCUT2D eigenvalue weighted by atomic mass is 10.1. The summed E-state index contributed by atoms with van der Waals surface area (Å²) in [6.07, 6.45) is 2.28. The maximum Gasteiger partial charge on any atom is 0.514 e. The van der Waals surface area contributed by atoms with Gasteiger partial charge in [-0.3, -0.25) is 29.4 Å². The van der Waals surface area contributed by atoms with Crippen LogP contribution in [-0.2, 0) is 35.1 Å². The summed E-state index contributed by atoms with van der Waals surface area (Å²) in [4.78, 5) is 79.0. The van der Waals surface area contributed by atoms with Crippen molar-refractivity contribution in [3.05, 3.63) is 63.7 Å². The Hall–Kier alpha value is -4.97. The van der Waals surface area contributed by atoms with E-state index in [1.807, 2.05) is 27.7 Å². The Balaban J connectivity index is 2.01. The predicted octanol–water partition coefficient (Wildman–Crippen LogP) is 6.44. The molecule has 0 saturated carbocycles. The van der Waals surface area contributed by atoms with E-state index in [0.29, 0.717) is 83.3 Å². The van der Waals surface area contributed by atoms with Crippen molar-refractivity contribution in [3.8, 4) is 11.5 Å². The third kappa shape index (κ3) is 19.0. The molecule has 0 aliphatic heterocycles. The van der Waals surface area contributed by atoms with Crippen LogP contribution < -0.4 is 9.47 Å². The molecule has 2 rings (SSSR count). The molecule has 0 fully saturated rings. The number of ether oxygens (including phenoxy) is 6. The normalized spacial score (nSPS) is 10.9. The van der Waals surface area contributed by atoms with Gasteiger partial charge in [0.25, 0.3) is 11.6 Å². The minimum absolute atomic E-state index is 0.00748. The Labute approximate surface area is 340 Å². The average Bonchev–Trinajstić information content (AvgIpc) is 3.20. The summed E-state index contributed by atoms with van der Waals surface area (Å²) >= 11 is 0. The van der Waals surface area contributed by atoms with Crippen LogP contribution in [-0.4, -0.2) is 128 Å². The largest absolute Gasteiger partial charge is 0.514 e. The fourth-order valence-corrected chi connectivity index (χ4v) is 5.51. The topological polar surface area (TPSA) is 194 Å². The number of benzene rings is 2. The van der Waals surface area contributed by atoms with E-state index in [1.165, 1.54) is 54.3 Å². The number of nitro benzene ring substituents is 1. The van der Waals surface area contributed by atoms with E-state index in [0.717, 1.165) is 37.3 Å². The number of non-ortho nitro benzene ring substituents is 1. The zero-order valence-electron chi connectivity index (χ0n) is 34.6. The van der Waals surface area contributed by atoms with Gasteiger partial charge in [-0.1, -0.05) is 26.8 Å². The molecule has 0 N–H and O–H groups in total. The number of likely N-dealkylation sites (N-methyl/N-ethyl adjacent to an activating group) is 2. The SMILES string of the molecule is CCCC(=O)CCCCOCCOCCOCCCN(C(C)=O)C(=O)c1cc(COC(=O)Oc2ccc([N+](=O)[O-])cc2)ccc1OC(=O)N(CC)CCN(CC)CC. The Bertz CT molecular complexity index is 1580. The molecule has 0 radical (unpaired) electrons. The van der Waals surface area contributed by atoms with Crippen molar-refractivity contribution in [2.75, 3.05) is 78.9 Å². The molecule has 0 aromatic heterocycles. The number of carbonyl (C=O) groups is 5. The number of hydrogen-bond donors (Lipinski definition) is 0. The fraction of sp³-hybridized carbons (Fsp3) is 0.585. The van der Waals surface area contributed by atoms with E-state index in [1.54, 1.807) is 0 Å². The first-order valence-electron chi connectivity index (χ1n) is 19.9. The van der Waals surface area contributed by atoms with Gasteiger partial charge in [0.15, 0.2) is 0 Å². The number of hydrogen-bond acceptors (Lipinski definition) is 14. The molecular formula is C41H60N4O13. The molecule has 0 saturated heterocycles. The van der Waals surface area contributed by atoms with Crippen molar-refractivity contribution in [2.45, 2.75) is 79.8 Å². The van der Waals surface area contributed by atoms with Crippen LogP contribution >= 0.6 is 0 Å². The van der Waals surface area contributed by atoms with Gasteiger partial charge < -0.3 is 38.2 Å². The molecule has 2 aromatic carbocycles. The Morgan fingerprint density at radius 1 is 0.707 bits per heavy atom. The molecule has 58 heavy (non-hydrogen) atoms. The summed E-state index contributed by atoms with van der Waals surface area (Å²) in [5.41, 5.74) is 0.0450. The second kappa shape index (κ2) is 28.4. The lowest BCUT2D eigenvalue weighted by Gasteiger charge is -2.25. The van der Waals surface area contributed by atoms with Gasteiger partial charge in [-0.25, -0.2) is 9.59 Å². The smallest absolute Gasteiger partial charge is 0.429 e. The molecule has 17 heteroatoms. The summed E-state index contributed by atoms with van der Waals surface area (Å²) < 4.78 is 32.8. The Kier molecular flexibility index (Phi) is 24.1. The Morgan fingerprint density at radius 2 is 1.34 bits per heavy atom. The first kappa shape index (κ1) is 49.2. The fourth-order valence-electron chi connectivity index (χ4n) is 5.51. The minimum atomic E-state index is -1.10.